The molecule has 0 unspecified atom stereocenters. The number of benzene rings is 3. The lowest BCUT2D eigenvalue weighted by Gasteiger charge is -2.37. The summed E-state index contributed by atoms with van der Waals surface area (Å²) in [6, 6.07) is 11.5. The fraction of sp³-hybridized carbons (Fsp3) is 0.355. The Morgan fingerprint density at radius 1 is 1.00 bits per heavy atom. The molecular formula is C31H38B4F2N6O2. The number of nitrogens with one attached hydrogen (secondary N) is 3. The van der Waals surface area contributed by atoms with E-state index in [9.17, 15) is 13.6 Å². The zero-order valence-corrected chi connectivity index (χ0v) is 26.7. The van der Waals surface area contributed by atoms with Gasteiger partial charge < -0.3 is 25.2 Å². The van der Waals surface area contributed by atoms with Gasteiger partial charge in [0.2, 0.25) is 0 Å². The minimum Gasteiger partial charge on any atom is -0.382 e. The summed E-state index contributed by atoms with van der Waals surface area (Å²) in [7, 11) is 10.2. The maximum Gasteiger partial charge on any atom is 0.258 e. The van der Waals surface area contributed by atoms with Crippen LogP contribution in [0.2, 0.25) is 0 Å². The second kappa shape index (κ2) is 12.6. The van der Waals surface area contributed by atoms with Crippen molar-refractivity contribution in [3.63, 3.8) is 0 Å². The first-order chi connectivity index (χ1) is 21.5. The van der Waals surface area contributed by atoms with E-state index in [0.29, 0.717) is 35.5 Å². The van der Waals surface area contributed by atoms with E-state index in [1.54, 1.807) is 0 Å². The summed E-state index contributed by atoms with van der Waals surface area (Å²) in [5.74, 6) is -1.10. The van der Waals surface area contributed by atoms with Crippen LogP contribution in [-0.2, 0) is 9.95 Å². The highest BCUT2D eigenvalue weighted by Crippen LogP contribution is 2.32. The zero-order chi connectivity index (χ0) is 31.9. The Kier molecular flexibility index (Phi) is 8.72. The van der Waals surface area contributed by atoms with Crippen LogP contribution in [0.1, 0.15) is 34.3 Å². The largest absolute Gasteiger partial charge is 0.382 e. The molecule has 45 heavy (non-hydrogen) atoms. The van der Waals surface area contributed by atoms with Gasteiger partial charge in [-0.25, -0.2) is 8.78 Å². The number of aromatic amines is 1. The van der Waals surface area contributed by atoms with Crippen LogP contribution in [0.15, 0.2) is 42.5 Å². The quantitative estimate of drug-likeness (QED) is 0.244. The van der Waals surface area contributed by atoms with E-state index in [1.165, 1.54) is 17.8 Å². The molecule has 1 aromatic heterocycles. The highest BCUT2D eigenvalue weighted by atomic mass is 19.1. The zero-order valence-electron chi connectivity index (χ0n) is 26.7. The number of amides is 1. The molecule has 2 aliphatic heterocycles. The molecule has 0 saturated carbocycles. The number of carbonyl (C=O) groups is 1. The summed E-state index contributed by atoms with van der Waals surface area (Å²) in [4.78, 5) is 18.9. The van der Waals surface area contributed by atoms with Gasteiger partial charge in [0.1, 0.15) is 43.0 Å². The van der Waals surface area contributed by atoms with Crippen LogP contribution < -0.4 is 26.5 Å². The Labute approximate surface area is 266 Å². The summed E-state index contributed by atoms with van der Waals surface area (Å²) < 4.78 is 33.8. The Hall–Kier alpha value is -3.76. The molecule has 0 atom stereocenters. The molecule has 0 bridgehead atoms. The fourth-order valence-electron chi connectivity index (χ4n) is 6.66. The molecule has 2 aliphatic rings. The standard InChI is InChI=1S/C31H38B4F2N6O2/c1-42-6-8-43(9-7-42)28-24(32)16-23(27(26(28)33)38-21-4-10-45-11-5-21)30(44)39-29-22-14-17(2-3-25(22)40-41-29)31(34,35)18-12-19(36)15-20(37)13-18/h2-3,12-16,21,38H,4-11,32-35H2,1H3,(H2,39,40,41,44). The predicted molar refractivity (Wildman–Crippen MR) is 188 cm³/mol. The van der Waals surface area contributed by atoms with Crippen molar-refractivity contribution < 1.29 is 18.3 Å². The number of halogens is 2. The van der Waals surface area contributed by atoms with Gasteiger partial charge in [0.25, 0.3) is 5.91 Å². The lowest BCUT2D eigenvalue weighted by molar-refractivity contribution is 0.0904. The van der Waals surface area contributed by atoms with Gasteiger partial charge in [-0.1, -0.05) is 23.2 Å². The molecule has 14 heteroatoms. The van der Waals surface area contributed by atoms with Crippen molar-refractivity contribution in [2.24, 2.45) is 0 Å². The second-order valence-electron chi connectivity index (χ2n) is 13.0. The molecule has 0 aliphatic carbocycles. The second-order valence-corrected chi connectivity index (χ2v) is 13.0. The average molecular weight is 608 g/mol. The van der Waals surface area contributed by atoms with Crippen molar-refractivity contribution >= 4 is 76.3 Å². The summed E-state index contributed by atoms with van der Waals surface area (Å²) in [5.41, 5.74) is 6.80. The third-order valence-corrected chi connectivity index (χ3v) is 9.47. The van der Waals surface area contributed by atoms with Crippen LogP contribution in [0.5, 0.6) is 0 Å². The lowest BCUT2D eigenvalue weighted by atomic mass is 9.48. The Balaban J connectivity index is 1.35. The monoisotopic (exact) mass is 608 g/mol. The van der Waals surface area contributed by atoms with Crippen molar-refractivity contribution in [3.05, 3.63) is 70.8 Å². The van der Waals surface area contributed by atoms with Crippen LogP contribution in [0.3, 0.4) is 0 Å². The number of carbonyl (C=O) groups excluding carboxylic acids is 1. The highest BCUT2D eigenvalue weighted by Gasteiger charge is 2.28. The molecule has 8 nitrogen and oxygen atoms in total. The van der Waals surface area contributed by atoms with Gasteiger partial charge in [-0.2, -0.15) is 5.10 Å². The van der Waals surface area contributed by atoms with Crippen molar-refractivity contribution in [1.82, 2.24) is 15.1 Å². The van der Waals surface area contributed by atoms with E-state index in [2.05, 4.69) is 53.4 Å². The molecule has 3 heterocycles. The van der Waals surface area contributed by atoms with Gasteiger partial charge >= 0.3 is 0 Å². The average Bonchev–Trinajstić information content (AvgIpc) is 3.41. The maximum absolute atomic E-state index is 14.1. The number of piperazine rings is 1. The van der Waals surface area contributed by atoms with Gasteiger partial charge in [-0.3, -0.25) is 9.89 Å². The molecule has 1 amide bonds. The first kappa shape index (κ1) is 31.2. The molecule has 6 rings (SSSR count). The molecule has 230 valence electrons. The number of likely N-dealkylation sites (N-methyl/N-ethyl adjacent to an activating group) is 1. The van der Waals surface area contributed by atoms with Crippen LogP contribution >= 0.6 is 0 Å². The van der Waals surface area contributed by atoms with E-state index in [1.807, 2.05) is 40.0 Å². The summed E-state index contributed by atoms with van der Waals surface area (Å²) >= 11 is 0. The first-order valence-corrected chi connectivity index (χ1v) is 15.7. The van der Waals surface area contributed by atoms with E-state index in [4.69, 9.17) is 4.74 Å². The molecule has 2 fully saturated rings. The number of fused-ring (bicyclic) bond motifs is 1. The van der Waals surface area contributed by atoms with Crippen molar-refractivity contribution in [1.29, 1.82) is 0 Å². The predicted octanol–water partition coefficient (Wildman–Crippen LogP) is -0.580. The number of hydrogen-bond donors (Lipinski definition) is 3. The number of anilines is 3. The van der Waals surface area contributed by atoms with Crippen LogP contribution in [0.25, 0.3) is 10.9 Å². The van der Waals surface area contributed by atoms with Gasteiger partial charge in [0.15, 0.2) is 5.82 Å². The summed E-state index contributed by atoms with van der Waals surface area (Å²) in [6.07, 6.45) is 1.74. The number of nitrogens with zero attached hydrogens (tertiary/aromatic N) is 3. The molecular weight excluding hydrogens is 570 g/mol. The molecule has 2 saturated heterocycles. The summed E-state index contributed by atoms with van der Waals surface area (Å²) in [6.45, 7) is 5.22. The third kappa shape index (κ3) is 6.35. The number of aromatic nitrogens is 2. The Bertz CT molecular complexity index is 1720. The number of rotatable bonds is 7. The maximum atomic E-state index is 14.1. The minimum absolute atomic E-state index is 0.204. The normalized spacial score (nSPS) is 16.6. The lowest BCUT2D eigenvalue weighted by Crippen LogP contribution is -2.48. The van der Waals surface area contributed by atoms with Gasteiger partial charge in [0, 0.05) is 68.3 Å². The Morgan fingerprint density at radius 3 is 2.38 bits per heavy atom. The SMILES string of the molecule is Bc1cc(C(=O)Nc2n[nH]c3ccc(C(B)(B)c4cc(F)cc(F)c4)cc23)c(NC2CCOCC2)c(B)c1N1CCN(C)CC1. The molecule has 4 aromatic rings. The van der Waals surface area contributed by atoms with Crippen molar-refractivity contribution in [3.8, 4) is 0 Å². The molecule has 3 N–H and O–H groups in total. The Morgan fingerprint density at radius 2 is 1.69 bits per heavy atom. The van der Waals surface area contributed by atoms with Crippen LogP contribution in [0.4, 0.5) is 26.0 Å². The molecule has 3 aromatic carbocycles. The van der Waals surface area contributed by atoms with Crippen molar-refractivity contribution in [2.45, 2.75) is 24.1 Å². The topological polar surface area (TPSA) is 85.5 Å². The third-order valence-electron chi connectivity index (χ3n) is 9.47. The number of ether oxygens (including phenoxy) is 1. The molecule has 0 spiro atoms. The fourth-order valence-corrected chi connectivity index (χ4v) is 6.66. The van der Waals surface area contributed by atoms with E-state index in [-0.39, 0.29) is 11.9 Å². The van der Waals surface area contributed by atoms with Gasteiger partial charge in [-0.15, -0.1) is 0 Å². The van der Waals surface area contributed by atoms with E-state index in [0.717, 1.165) is 72.8 Å². The van der Waals surface area contributed by atoms with Gasteiger partial charge in [0.05, 0.1) is 11.1 Å². The summed E-state index contributed by atoms with van der Waals surface area (Å²) in [5, 5.41) is 14.3. The number of hydrogen-bond acceptors (Lipinski definition) is 6. The van der Waals surface area contributed by atoms with Crippen LogP contribution in [0, 0.1) is 11.6 Å². The first-order valence-electron chi connectivity index (χ1n) is 15.7. The highest BCUT2D eigenvalue weighted by molar-refractivity contribution is 6.47. The minimum atomic E-state index is -0.705. The van der Waals surface area contributed by atoms with E-state index >= 15 is 0 Å². The smallest absolute Gasteiger partial charge is 0.258 e. The number of H-pyrrole nitrogens is 1. The van der Waals surface area contributed by atoms with Crippen LogP contribution in [-0.4, -0.2) is 105 Å². The van der Waals surface area contributed by atoms with Crippen molar-refractivity contribution in [2.75, 3.05) is 62.0 Å². The van der Waals surface area contributed by atoms with Gasteiger partial charge in [-0.05, 0) is 60.4 Å². The molecule has 0 radical (unpaired) electrons. The van der Waals surface area contributed by atoms with E-state index < -0.39 is 16.8 Å².